The zero-order chi connectivity index (χ0) is 17.8. The van der Waals surface area contributed by atoms with E-state index in [2.05, 4.69) is 21.4 Å². The Kier molecular flexibility index (Phi) is 5.29. The lowest BCUT2D eigenvalue weighted by atomic mass is 10.1. The number of hydrogen-bond acceptors (Lipinski definition) is 6. The molecule has 0 saturated carbocycles. The van der Waals surface area contributed by atoms with Crippen molar-refractivity contribution in [3.63, 3.8) is 0 Å². The molecule has 4 aromatic rings. The molecule has 3 heterocycles. The van der Waals surface area contributed by atoms with Crippen LogP contribution in [-0.4, -0.2) is 21.6 Å². The average molecular weight is 398 g/mol. The fraction of sp³-hybridized carbons (Fsp3) is 0.105. The van der Waals surface area contributed by atoms with Gasteiger partial charge in [0.2, 0.25) is 5.91 Å². The molecule has 1 atom stereocenters. The van der Waals surface area contributed by atoms with Gasteiger partial charge in [0.05, 0.1) is 11.8 Å². The maximum absolute atomic E-state index is 12.6. The van der Waals surface area contributed by atoms with E-state index in [1.54, 1.807) is 29.0 Å². The highest BCUT2D eigenvalue weighted by molar-refractivity contribution is 8.00. The number of carbonyl (C=O) groups excluding carboxylic acids is 1. The van der Waals surface area contributed by atoms with Crippen molar-refractivity contribution in [2.24, 2.45) is 0 Å². The Morgan fingerprint density at radius 2 is 1.92 bits per heavy atom. The Morgan fingerprint density at radius 3 is 2.73 bits per heavy atom. The second kappa shape index (κ2) is 7.99. The van der Waals surface area contributed by atoms with Crippen molar-refractivity contribution in [3.8, 4) is 0 Å². The first-order valence-electron chi connectivity index (χ1n) is 8.00. The van der Waals surface area contributed by atoms with Crippen molar-refractivity contribution in [2.45, 2.75) is 11.1 Å². The van der Waals surface area contributed by atoms with E-state index in [-0.39, 0.29) is 11.9 Å². The Labute approximate surface area is 163 Å². The summed E-state index contributed by atoms with van der Waals surface area (Å²) < 4.78 is 0. The number of rotatable bonds is 6. The molecule has 26 heavy (non-hydrogen) atoms. The molecule has 1 amide bonds. The van der Waals surface area contributed by atoms with Gasteiger partial charge in [0.25, 0.3) is 0 Å². The number of carbonyl (C=O) groups is 1. The number of nitrogens with one attached hydrogen (secondary N) is 1. The van der Waals surface area contributed by atoms with Crippen LogP contribution in [-0.2, 0) is 4.79 Å². The molecule has 1 aromatic carbocycles. The second-order valence-electron chi connectivity index (χ2n) is 5.53. The van der Waals surface area contributed by atoms with E-state index in [4.69, 9.17) is 0 Å². The first-order valence-corrected chi connectivity index (χ1v) is 10.7. The monoisotopic (exact) mass is 397 g/mol. The molecule has 0 aliphatic carbocycles. The van der Waals surface area contributed by atoms with Crippen molar-refractivity contribution in [2.75, 3.05) is 5.75 Å². The van der Waals surface area contributed by atoms with Gasteiger partial charge in [0.15, 0.2) is 0 Å². The van der Waals surface area contributed by atoms with E-state index in [0.29, 0.717) is 5.75 Å². The van der Waals surface area contributed by atoms with Crippen LogP contribution in [0.4, 0.5) is 0 Å². The van der Waals surface area contributed by atoms with E-state index in [9.17, 15) is 4.79 Å². The quantitative estimate of drug-likeness (QED) is 0.377. The molecular formula is C19H15N3OS3. The highest BCUT2D eigenvalue weighted by atomic mass is 32.2. The largest absolute Gasteiger partial charge is 0.344 e. The molecule has 0 fully saturated rings. The van der Waals surface area contributed by atoms with Gasteiger partial charge in [-0.15, -0.1) is 22.7 Å². The molecule has 0 bridgehead atoms. The fourth-order valence-electron chi connectivity index (χ4n) is 2.64. The van der Waals surface area contributed by atoms with Crippen LogP contribution in [0.3, 0.4) is 0 Å². The predicted octanol–water partition coefficient (Wildman–Crippen LogP) is 4.75. The molecule has 7 heteroatoms. The van der Waals surface area contributed by atoms with Gasteiger partial charge in [-0.3, -0.25) is 4.79 Å². The van der Waals surface area contributed by atoms with Crippen LogP contribution in [0.5, 0.6) is 0 Å². The first kappa shape index (κ1) is 17.2. The molecule has 0 radical (unpaired) electrons. The number of nitrogens with zero attached hydrogens (tertiary/aromatic N) is 2. The second-order valence-corrected chi connectivity index (χ2v) is 8.37. The summed E-state index contributed by atoms with van der Waals surface area (Å²) in [7, 11) is 0. The van der Waals surface area contributed by atoms with Gasteiger partial charge in [-0.05, 0) is 28.5 Å². The SMILES string of the molecule is O=C(CSc1ncnc2sccc12)NC(c1ccccc1)c1cccs1. The minimum Gasteiger partial charge on any atom is -0.344 e. The van der Waals surface area contributed by atoms with Crippen molar-refractivity contribution < 1.29 is 4.79 Å². The Hall–Kier alpha value is -2.22. The standard InChI is InChI=1S/C19H15N3OS3/c23-16(11-26-19-14-8-10-25-18(14)20-12-21-19)22-17(15-7-4-9-24-15)13-5-2-1-3-6-13/h1-10,12,17H,11H2,(H,22,23). The molecule has 0 aliphatic rings. The lowest BCUT2D eigenvalue weighted by Crippen LogP contribution is -2.30. The summed E-state index contributed by atoms with van der Waals surface area (Å²) in [5, 5.41) is 9.03. The molecule has 0 saturated heterocycles. The smallest absolute Gasteiger partial charge is 0.231 e. The van der Waals surface area contributed by atoms with Crippen molar-refractivity contribution in [3.05, 3.63) is 76.1 Å². The number of aromatic nitrogens is 2. The summed E-state index contributed by atoms with van der Waals surface area (Å²) >= 11 is 4.67. The van der Waals surface area contributed by atoms with E-state index >= 15 is 0 Å². The van der Waals surface area contributed by atoms with Gasteiger partial charge in [0.1, 0.15) is 16.2 Å². The molecule has 0 spiro atoms. The Morgan fingerprint density at radius 1 is 1.04 bits per heavy atom. The minimum atomic E-state index is -0.129. The topological polar surface area (TPSA) is 54.9 Å². The third-order valence-electron chi connectivity index (χ3n) is 3.83. The van der Waals surface area contributed by atoms with Crippen LogP contribution >= 0.6 is 34.4 Å². The number of amides is 1. The van der Waals surface area contributed by atoms with Crippen LogP contribution in [0, 0.1) is 0 Å². The van der Waals surface area contributed by atoms with Crippen molar-refractivity contribution >= 4 is 50.6 Å². The molecule has 4 rings (SSSR count). The van der Waals surface area contributed by atoms with Gasteiger partial charge in [0, 0.05) is 10.3 Å². The molecular weight excluding hydrogens is 382 g/mol. The van der Waals surface area contributed by atoms with Crippen LogP contribution in [0.2, 0.25) is 0 Å². The fourth-order valence-corrected chi connectivity index (χ4v) is 5.03. The number of thiophene rings is 2. The molecule has 3 aromatic heterocycles. The van der Waals surface area contributed by atoms with E-state index in [0.717, 1.165) is 25.7 Å². The normalized spacial score (nSPS) is 12.2. The third kappa shape index (κ3) is 3.80. The molecule has 1 unspecified atom stereocenters. The third-order valence-corrected chi connectivity index (χ3v) is 6.59. The summed E-state index contributed by atoms with van der Waals surface area (Å²) in [5.74, 6) is 0.302. The van der Waals surface area contributed by atoms with Crippen LogP contribution in [0.25, 0.3) is 10.2 Å². The number of thioether (sulfide) groups is 1. The van der Waals surface area contributed by atoms with Gasteiger partial charge < -0.3 is 5.32 Å². The molecule has 0 aliphatic heterocycles. The van der Waals surface area contributed by atoms with Gasteiger partial charge in [-0.1, -0.05) is 48.2 Å². The predicted molar refractivity (Wildman–Crippen MR) is 109 cm³/mol. The molecule has 130 valence electrons. The maximum atomic E-state index is 12.6. The summed E-state index contributed by atoms with van der Waals surface area (Å²) in [6.45, 7) is 0. The van der Waals surface area contributed by atoms with E-state index < -0.39 is 0 Å². The summed E-state index contributed by atoms with van der Waals surface area (Å²) in [6, 6.07) is 16.0. The zero-order valence-corrected chi connectivity index (χ0v) is 16.1. The number of hydrogen-bond donors (Lipinski definition) is 1. The van der Waals surface area contributed by atoms with Crippen molar-refractivity contribution in [1.82, 2.24) is 15.3 Å². The van der Waals surface area contributed by atoms with Gasteiger partial charge in [-0.2, -0.15) is 0 Å². The zero-order valence-electron chi connectivity index (χ0n) is 13.7. The van der Waals surface area contributed by atoms with Crippen LogP contribution in [0.15, 0.2) is 70.6 Å². The highest BCUT2D eigenvalue weighted by Crippen LogP contribution is 2.29. The van der Waals surface area contributed by atoms with Crippen LogP contribution < -0.4 is 5.32 Å². The highest BCUT2D eigenvalue weighted by Gasteiger charge is 2.18. The van der Waals surface area contributed by atoms with Crippen molar-refractivity contribution in [1.29, 1.82) is 0 Å². The van der Waals surface area contributed by atoms with Gasteiger partial charge in [-0.25, -0.2) is 9.97 Å². The van der Waals surface area contributed by atoms with Crippen LogP contribution in [0.1, 0.15) is 16.5 Å². The Balaban J connectivity index is 1.48. The first-order chi connectivity index (χ1) is 12.8. The van der Waals surface area contributed by atoms with E-state index in [1.165, 1.54) is 11.8 Å². The summed E-state index contributed by atoms with van der Waals surface area (Å²) in [4.78, 5) is 23.2. The number of fused-ring (bicyclic) bond motifs is 1. The Bertz CT molecular complexity index is 999. The number of benzene rings is 1. The van der Waals surface area contributed by atoms with E-state index in [1.807, 2.05) is 53.2 Å². The molecule has 1 N–H and O–H groups in total. The average Bonchev–Trinajstić information content (AvgIpc) is 3.37. The van der Waals surface area contributed by atoms with Gasteiger partial charge >= 0.3 is 0 Å². The summed E-state index contributed by atoms with van der Waals surface area (Å²) in [6.07, 6.45) is 1.55. The maximum Gasteiger partial charge on any atom is 0.231 e. The summed E-state index contributed by atoms with van der Waals surface area (Å²) in [5.41, 5.74) is 1.08. The lowest BCUT2D eigenvalue weighted by Gasteiger charge is -2.18. The molecule has 4 nitrogen and oxygen atoms in total. The lowest BCUT2D eigenvalue weighted by molar-refractivity contribution is -0.119. The minimum absolute atomic E-state index is 0.0146.